The molecular formula is C20H16O5. The van der Waals surface area contributed by atoms with E-state index in [0.29, 0.717) is 17.1 Å². The van der Waals surface area contributed by atoms with Gasteiger partial charge in [0.1, 0.15) is 17.6 Å². The van der Waals surface area contributed by atoms with Crippen LogP contribution in [0.2, 0.25) is 0 Å². The van der Waals surface area contributed by atoms with E-state index < -0.39 is 23.9 Å². The summed E-state index contributed by atoms with van der Waals surface area (Å²) in [6.45, 7) is 0. The van der Waals surface area contributed by atoms with Crippen LogP contribution in [0.3, 0.4) is 0 Å². The maximum absolute atomic E-state index is 12.4. The van der Waals surface area contributed by atoms with Crippen LogP contribution in [0.1, 0.15) is 6.42 Å². The minimum atomic E-state index is -1.54. The number of ether oxygens (including phenoxy) is 2. The van der Waals surface area contributed by atoms with Crippen molar-refractivity contribution in [3.63, 3.8) is 0 Å². The third-order valence-corrected chi connectivity index (χ3v) is 5.23. The molecule has 0 amide bonds. The van der Waals surface area contributed by atoms with E-state index in [0.717, 1.165) is 10.8 Å². The molecule has 2 aromatic rings. The minimum absolute atomic E-state index is 0.110. The zero-order valence-electron chi connectivity index (χ0n) is 13.3. The number of carbonyl (C=O) groups excluding carboxylic acids is 1. The molecule has 2 N–H and O–H groups in total. The molecule has 3 atom stereocenters. The molecule has 126 valence electrons. The van der Waals surface area contributed by atoms with Crippen LogP contribution in [-0.4, -0.2) is 34.0 Å². The SMILES string of the molecule is O=C1CC(O)C2(Oc3cccc4cccc(c34)O2)C2C1=CC=CC2O. The van der Waals surface area contributed by atoms with E-state index in [1.807, 2.05) is 36.4 Å². The van der Waals surface area contributed by atoms with E-state index in [2.05, 4.69) is 0 Å². The van der Waals surface area contributed by atoms with Gasteiger partial charge in [0, 0.05) is 12.0 Å². The number of benzene rings is 2. The van der Waals surface area contributed by atoms with Gasteiger partial charge in [0.25, 0.3) is 5.79 Å². The second-order valence-corrected chi connectivity index (χ2v) is 6.65. The lowest BCUT2D eigenvalue weighted by atomic mass is 9.71. The van der Waals surface area contributed by atoms with Gasteiger partial charge in [-0.2, -0.15) is 0 Å². The molecule has 1 saturated carbocycles. The number of Topliss-reactive ketones (excluding diaryl/α,β-unsaturated/α-hetero) is 1. The Kier molecular flexibility index (Phi) is 2.90. The molecule has 1 fully saturated rings. The van der Waals surface area contributed by atoms with Gasteiger partial charge < -0.3 is 19.7 Å². The third-order valence-electron chi connectivity index (χ3n) is 5.23. The molecule has 5 heteroatoms. The van der Waals surface area contributed by atoms with Gasteiger partial charge in [-0.3, -0.25) is 4.79 Å². The second kappa shape index (κ2) is 4.94. The number of aliphatic hydroxyl groups excluding tert-OH is 2. The summed E-state index contributed by atoms with van der Waals surface area (Å²) in [5, 5.41) is 23.1. The Bertz CT molecular complexity index is 917. The van der Waals surface area contributed by atoms with Crippen molar-refractivity contribution in [3.8, 4) is 11.5 Å². The summed E-state index contributed by atoms with van der Waals surface area (Å²) in [6.07, 6.45) is 2.62. The first kappa shape index (κ1) is 14.7. The van der Waals surface area contributed by atoms with Crippen molar-refractivity contribution in [3.05, 3.63) is 60.2 Å². The first-order valence-electron chi connectivity index (χ1n) is 8.27. The summed E-state index contributed by atoms with van der Waals surface area (Å²) in [5.74, 6) is -1.37. The molecule has 5 rings (SSSR count). The summed E-state index contributed by atoms with van der Waals surface area (Å²) in [4.78, 5) is 12.4. The van der Waals surface area contributed by atoms with Crippen LogP contribution in [-0.2, 0) is 4.79 Å². The largest absolute Gasteiger partial charge is 0.448 e. The first-order valence-corrected chi connectivity index (χ1v) is 8.27. The van der Waals surface area contributed by atoms with Crippen LogP contribution in [0.5, 0.6) is 11.5 Å². The second-order valence-electron chi connectivity index (χ2n) is 6.65. The first-order chi connectivity index (χ1) is 12.1. The highest BCUT2D eigenvalue weighted by molar-refractivity contribution is 5.99. The summed E-state index contributed by atoms with van der Waals surface area (Å²) in [6, 6.07) is 11.3. The van der Waals surface area contributed by atoms with E-state index in [-0.39, 0.29) is 12.2 Å². The lowest BCUT2D eigenvalue weighted by molar-refractivity contribution is -0.235. The molecule has 1 aliphatic heterocycles. The monoisotopic (exact) mass is 336 g/mol. The molecule has 0 radical (unpaired) electrons. The van der Waals surface area contributed by atoms with Crippen molar-refractivity contribution in [2.75, 3.05) is 0 Å². The van der Waals surface area contributed by atoms with Crippen molar-refractivity contribution < 1.29 is 24.5 Å². The Balaban J connectivity index is 1.72. The zero-order valence-corrected chi connectivity index (χ0v) is 13.3. The van der Waals surface area contributed by atoms with E-state index >= 15 is 0 Å². The van der Waals surface area contributed by atoms with Crippen LogP contribution < -0.4 is 9.47 Å². The van der Waals surface area contributed by atoms with Crippen LogP contribution in [0, 0.1) is 5.92 Å². The number of hydrogen-bond acceptors (Lipinski definition) is 5. The van der Waals surface area contributed by atoms with Crippen molar-refractivity contribution in [1.29, 1.82) is 0 Å². The molecule has 3 aliphatic rings. The Morgan fingerprint density at radius 2 is 1.72 bits per heavy atom. The molecule has 2 aromatic carbocycles. The minimum Gasteiger partial charge on any atom is -0.448 e. The predicted octanol–water partition coefficient (Wildman–Crippen LogP) is 2.11. The van der Waals surface area contributed by atoms with Gasteiger partial charge >= 0.3 is 0 Å². The predicted molar refractivity (Wildman–Crippen MR) is 90.3 cm³/mol. The number of fused-ring (bicyclic) bond motifs is 2. The topological polar surface area (TPSA) is 76.0 Å². The number of carbonyl (C=O) groups is 1. The van der Waals surface area contributed by atoms with Gasteiger partial charge in [-0.15, -0.1) is 0 Å². The average molecular weight is 336 g/mol. The van der Waals surface area contributed by atoms with Gasteiger partial charge in [-0.1, -0.05) is 42.5 Å². The number of allylic oxidation sites excluding steroid dienone is 2. The third kappa shape index (κ3) is 1.88. The standard InChI is InChI=1S/C20H16O5/c21-13-7-3-6-12-14(22)10-17(23)20(19(12)13)24-15-8-1-4-11-5-2-9-16(25-20)18(11)15/h1-9,13,17,19,21,23H,10H2. The molecular weight excluding hydrogens is 320 g/mol. The van der Waals surface area contributed by atoms with Crippen molar-refractivity contribution in [2.24, 2.45) is 5.92 Å². The van der Waals surface area contributed by atoms with Gasteiger partial charge in [0.05, 0.1) is 17.4 Å². The van der Waals surface area contributed by atoms with Gasteiger partial charge in [0.2, 0.25) is 0 Å². The average Bonchev–Trinajstić information content (AvgIpc) is 2.60. The highest BCUT2D eigenvalue weighted by Gasteiger charge is 2.60. The molecule has 3 unspecified atom stereocenters. The van der Waals surface area contributed by atoms with Crippen LogP contribution in [0.25, 0.3) is 10.8 Å². The van der Waals surface area contributed by atoms with Gasteiger partial charge in [-0.05, 0) is 17.5 Å². The fourth-order valence-corrected chi connectivity index (χ4v) is 4.11. The normalized spacial score (nSPS) is 29.0. The zero-order chi connectivity index (χ0) is 17.2. The quantitative estimate of drug-likeness (QED) is 0.771. The number of ketones is 1. The fourth-order valence-electron chi connectivity index (χ4n) is 4.11. The number of aliphatic hydroxyl groups is 2. The Morgan fingerprint density at radius 1 is 1.04 bits per heavy atom. The molecule has 5 nitrogen and oxygen atoms in total. The molecule has 1 heterocycles. The fraction of sp³-hybridized carbons (Fsp3) is 0.250. The Labute approximate surface area is 143 Å². The maximum Gasteiger partial charge on any atom is 0.287 e. The van der Waals surface area contributed by atoms with Crippen LogP contribution >= 0.6 is 0 Å². The summed E-state index contributed by atoms with van der Waals surface area (Å²) < 4.78 is 12.3. The van der Waals surface area contributed by atoms with Crippen molar-refractivity contribution >= 4 is 16.6 Å². The highest BCUT2D eigenvalue weighted by atomic mass is 16.7. The van der Waals surface area contributed by atoms with Gasteiger partial charge in [0.15, 0.2) is 5.78 Å². The van der Waals surface area contributed by atoms with E-state index in [9.17, 15) is 15.0 Å². The lowest BCUT2D eigenvalue weighted by Crippen LogP contribution is -2.66. The van der Waals surface area contributed by atoms with E-state index in [1.54, 1.807) is 18.2 Å². The molecule has 25 heavy (non-hydrogen) atoms. The maximum atomic E-state index is 12.4. The molecule has 0 aromatic heterocycles. The van der Waals surface area contributed by atoms with E-state index in [4.69, 9.17) is 9.47 Å². The summed E-state index contributed by atoms with van der Waals surface area (Å²) in [5.41, 5.74) is 0.423. The number of hydrogen-bond donors (Lipinski definition) is 2. The summed E-state index contributed by atoms with van der Waals surface area (Å²) >= 11 is 0. The molecule has 2 aliphatic carbocycles. The molecule has 0 bridgehead atoms. The molecule has 0 saturated heterocycles. The van der Waals surface area contributed by atoms with Crippen LogP contribution in [0.15, 0.2) is 60.2 Å². The highest BCUT2D eigenvalue weighted by Crippen LogP contribution is 2.50. The lowest BCUT2D eigenvalue weighted by Gasteiger charge is -2.50. The van der Waals surface area contributed by atoms with Crippen LogP contribution in [0.4, 0.5) is 0 Å². The van der Waals surface area contributed by atoms with E-state index in [1.165, 1.54) is 0 Å². The van der Waals surface area contributed by atoms with Crippen molar-refractivity contribution in [1.82, 2.24) is 0 Å². The Morgan fingerprint density at radius 3 is 2.40 bits per heavy atom. The Hall–Kier alpha value is -2.63. The van der Waals surface area contributed by atoms with Gasteiger partial charge in [-0.25, -0.2) is 0 Å². The van der Waals surface area contributed by atoms with Crippen molar-refractivity contribution in [2.45, 2.75) is 24.4 Å². The number of rotatable bonds is 0. The summed E-state index contributed by atoms with van der Waals surface area (Å²) in [7, 11) is 0. The smallest absolute Gasteiger partial charge is 0.287 e. The molecule has 1 spiro atoms.